The molecule has 0 saturated carbocycles. The van der Waals surface area contributed by atoms with Crippen LogP contribution in [-0.2, 0) is 0 Å². The molecule has 2 aromatic rings. The maximum atomic E-state index is 13.3. The Bertz CT molecular complexity index is 437. The van der Waals surface area contributed by atoms with E-state index in [9.17, 15) is 4.39 Å². The van der Waals surface area contributed by atoms with Crippen molar-refractivity contribution in [2.75, 3.05) is 12.4 Å². The van der Waals surface area contributed by atoms with E-state index in [4.69, 9.17) is 0 Å². The lowest BCUT2D eigenvalue weighted by molar-refractivity contribution is 0.639. The maximum absolute atomic E-state index is 13.3. The van der Waals surface area contributed by atoms with Crippen molar-refractivity contribution in [3.8, 4) is 0 Å². The fraction of sp³-hybridized carbons (Fsp3) is 0.111. The molecule has 0 radical (unpaired) electrons. The molecule has 0 unspecified atom stereocenters. The Morgan fingerprint density at radius 1 is 1.31 bits per heavy atom. The molecule has 4 heteroatoms. The van der Waals surface area contributed by atoms with Crippen molar-refractivity contribution >= 4 is 16.7 Å². The van der Waals surface area contributed by atoms with Crippen molar-refractivity contribution in [2.45, 2.75) is 0 Å². The van der Waals surface area contributed by atoms with Crippen LogP contribution >= 0.6 is 0 Å². The Morgan fingerprint density at radius 2 is 2.15 bits per heavy atom. The van der Waals surface area contributed by atoms with Crippen LogP contribution in [0.1, 0.15) is 0 Å². The second kappa shape index (κ2) is 2.97. The van der Waals surface area contributed by atoms with Crippen LogP contribution in [-0.4, -0.2) is 17.0 Å². The maximum Gasteiger partial charge on any atom is 0.140 e. The summed E-state index contributed by atoms with van der Waals surface area (Å²) in [6.07, 6.45) is 1.41. The van der Waals surface area contributed by atoms with E-state index >= 15 is 0 Å². The summed E-state index contributed by atoms with van der Waals surface area (Å²) in [6, 6.07) is 4.78. The van der Waals surface area contributed by atoms with Crippen molar-refractivity contribution < 1.29 is 4.39 Å². The zero-order chi connectivity index (χ0) is 9.26. The monoisotopic (exact) mass is 177 g/mol. The fourth-order valence-electron chi connectivity index (χ4n) is 1.26. The zero-order valence-corrected chi connectivity index (χ0v) is 7.08. The summed E-state index contributed by atoms with van der Waals surface area (Å²) in [7, 11) is 1.70. The molecule has 0 bridgehead atoms. The lowest BCUT2D eigenvalue weighted by Gasteiger charge is -2.03. The van der Waals surface area contributed by atoms with Gasteiger partial charge in [0.25, 0.3) is 0 Å². The second-order valence-electron chi connectivity index (χ2n) is 2.61. The van der Waals surface area contributed by atoms with E-state index in [2.05, 4.69) is 15.3 Å². The zero-order valence-electron chi connectivity index (χ0n) is 7.08. The standard InChI is InChI=1S/C9H8FN3/c1-11-9-8-6(10)3-2-4-7(8)12-5-13-9/h2-5H,1H3,(H,11,12,13). The third-order valence-corrected chi connectivity index (χ3v) is 1.85. The minimum Gasteiger partial charge on any atom is -0.372 e. The number of anilines is 1. The average molecular weight is 177 g/mol. The highest BCUT2D eigenvalue weighted by Crippen LogP contribution is 2.21. The van der Waals surface area contributed by atoms with Gasteiger partial charge in [0.1, 0.15) is 18.0 Å². The number of halogens is 1. The van der Waals surface area contributed by atoms with Gasteiger partial charge in [0.05, 0.1) is 10.9 Å². The summed E-state index contributed by atoms with van der Waals surface area (Å²) < 4.78 is 13.3. The van der Waals surface area contributed by atoms with Gasteiger partial charge in [-0.25, -0.2) is 14.4 Å². The average Bonchev–Trinajstić information content (AvgIpc) is 2.17. The highest BCUT2D eigenvalue weighted by Gasteiger charge is 2.05. The lowest BCUT2D eigenvalue weighted by Crippen LogP contribution is -1.96. The number of benzene rings is 1. The van der Waals surface area contributed by atoms with Crippen molar-refractivity contribution in [1.29, 1.82) is 0 Å². The van der Waals surface area contributed by atoms with E-state index in [1.54, 1.807) is 19.2 Å². The van der Waals surface area contributed by atoms with Crippen LogP contribution in [0.3, 0.4) is 0 Å². The second-order valence-corrected chi connectivity index (χ2v) is 2.61. The molecule has 0 fully saturated rings. The van der Waals surface area contributed by atoms with Gasteiger partial charge >= 0.3 is 0 Å². The molecule has 13 heavy (non-hydrogen) atoms. The fourth-order valence-corrected chi connectivity index (χ4v) is 1.26. The lowest BCUT2D eigenvalue weighted by atomic mass is 10.2. The van der Waals surface area contributed by atoms with E-state index in [0.717, 1.165) is 0 Å². The first kappa shape index (κ1) is 7.91. The SMILES string of the molecule is CNc1ncnc2cccc(F)c12. The molecule has 0 aliphatic rings. The van der Waals surface area contributed by atoms with Gasteiger partial charge in [0, 0.05) is 7.05 Å². The summed E-state index contributed by atoms with van der Waals surface area (Å²) in [6.45, 7) is 0. The van der Waals surface area contributed by atoms with Gasteiger partial charge in [0.2, 0.25) is 0 Å². The Kier molecular flexibility index (Phi) is 1.81. The molecule has 0 saturated heterocycles. The first-order valence-corrected chi connectivity index (χ1v) is 3.90. The Balaban J connectivity index is 2.87. The summed E-state index contributed by atoms with van der Waals surface area (Å²) in [4.78, 5) is 7.88. The highest BCUT2D eigenvalue weighted by atomic mass is 19.1. The quantitative estimate of drug-likeness (QED) is 0.721. The molecule has 1 N–H and O–H groups in total. The van der Waals surface area contributed by atoms with Crippen molar-refractivity contribution in [3.05, 3.63) is 30.3 Å². The molecule has 0 spiro atoms. The Morgan fingerprint density at radius 3 is 2.92 bits per heavy atom. The van der Waals surface area contributed by atoms with Gasteiger partial charge in [-0.3, -0.25) is 0 Å². The van der Waals surface area contributed by atoms with Crippen molar-refractivity contribution in [2.24, 2.45) is 0 Å². The van der Waals surface area contributed by atoms with Crippen LogP contribution < -0.4 is 5.32 Å². The molecule has 1 aromatic carbocycles. The van der Waals surface area contributed by atoms with E-state index < -0.39 is 0 Å². The van der Waals surface area contributed by atoms with Crippen LogP contribution in [0, 0.1) is 5.82 Å². The molecule has 1 heterocycles. The minimum atomic E-state index is -0.303. The van der Waals surface area contributed by atoms with Crippen LogP contribution in [0.25, 0.3) is 10.9 Å². The molecule has 0 atom stereocenters. The van der Waals surface area contributed by atoms with Crippen LogP contribution in [0.2, 0.25) is 0 Å². The van der Waals surface area contributed by atoms with Gasteiger partial charge in [-0.1, -0.05) is 6.07 Å². The van der Waals surface area contributed by atoms with Gasteiger partial charge in [-0.05, 0) is 12.1 Å². The van der Waals surface area contributed by atoms with Crippen LogP contribution in [0.4, 0.5) is 10.2 Å². The largest absolute Gasteiger partial charge is 0.372 e. The molecule has 0 aliphatic carbocycles. The summed E-state index contributed by atoms with van der Waals surface area (Å²) in [5, 5.41) is 3.26. The highest BCUT2D eigenvalue weighted by molar-refractivity contribution is 5.89. The summed E-state index contributed by atoms with van der Waals surface area (Å²) in [5.41, 5.74) is 0.611. The van der Waals surface area contributed by atoms with Gasteiger partial charge < -0.3 is 5.32 Å². The number of nitrogens with zero attached hydrogens (tertiary/aromatic N) is 2. The van der Waals surface area contributed by atoms with Crippen molar-refractivity contribution in [1.82, 2.24) is 9.97 Å². The summed E-state index contributed by atoms with van der Waals surface area (Å²) >= 11 is 0. The van der Waals surface area contributed by atoms with E-state index in [1.165, 1.54) is 12.4 Å². The summed E-state index contributed by atoms with van der Waals surface area (Å²) in [5.74, 6) is 0.213. The number of aromatic nitrogens is 2. The Hall–Kier alpha value is -1.71. The van der Waals surface area contributed by atoms with Gasteiger partial charge in [-0.15, -0.1) is 0 Å². The predicted molar refractivity (Wildman–Crippen MR) is 49.0 cm³/mol. The molecular weight excluding hydrogens is 169 g/mol. The Labute approximate surface area is 74.6 Å². The molecule has 0 aliphatic heterocycles. The molecule has 0 amide bonds. The van der Waals surface area contributed by atoms with E-state index in [-0.39, 0.29) is 5.82 Å². The topological polar surface area (TPSA) is 37.8 Å². The molecule has 3 nitrogen and oxygen atoms in total. The molecule has 66 valence electrons. The van der Waals surface area contributed by atoms with Crippen molar-refractivity contribution in [3.63, 3.8) is 0 Å². The third kappa shape index (κ3) is 1.20. The first-order valence-electron chi connectivity index (χ1n) is 3.90. The van der Waals surface area contributed by atoms with Gasteiger partial charge in [-0.2, -0.15) is 0 Å². The predicted octanol–water partition coefficient (Wildman–Crippen LogP) is 1.81. The van der Waals surface area contributed by atoms with Gasteiger partial charge in [0.15, 0.2) is 0 Å². The molecule has 1 aromatic heterocycles. The number of fused-ring (bicyclic) bond motifs is 1. The first-order chi connectivity index (χ1) is 6.33. The van der Waals surface area contributed by atoms with E-state index in [0.29, 0.717) is 16.7 Å². The van der Waals surface area contributed by atoms with E-state index in [1.807, 2.05) is 0 Å². The normalized spacial score (nSPS) is 10.3. The minimum absolute atomic E-state index is 0.303. The third-order valence-electron chi connectivity index (χ3n) is 1.85. The number of hydrogen-bond acceptors (Lipinski definition) is 3. The van der Waals surface area contributed by atoms with Crippen LogP contribution in [0.5, 0.6) is 0 Å². The van der Waals surface area contributed by atoms with Crippen LogP contribution in [0.15, 0.2) is 24.5 Å². The number of hydrogen-bond donors (Lipinski definition) is 1. The molecular formula is C9H8FN3. The number of nitrogens with one attached hydrogen (secondary N) is 1. The molecule has 2 rings (SSSR count). The number of rotatable bonds is 1. The smallest absolute Gasteiger partial charge is 0.140 e.